The van der Waals surface area contributed by atoms with Crippen LogP contribution in [0, 0.1) is 0 Å². The van der Waals surface area contributed by atoms with Crippen LogP contribution in [0.5, 0.6) is 0 Å². The van der Waals surface area contributed by atoms with Gasteiger partial charge in [0, 0.05) is 6.20 Å². The van der Waals surface area contributed by atoms with Gasteiger partial charge in [0.15, 0.2) is 0 Å². The lowest BCUT2D eigenvalue weighted by Crippen LogP contribution is -2.14. The minimum absolute atomic E-state index is 0.585. The maximum absolute atomic E-state index is 12.5. The number of aliphatic hydroxyl groups is 1. The first-order valence-electron chi connectivity index (χ1n) is 3.92. The van der Waals surface area contributed by atoms with Crippen molar-refractivity contribution in [1.29, 1.82) is 0 Å². The van der Waals surface area contributed by atoms with E-state index < -0.39 is 41.1 Å². The van der Waals surface area contributed by atoms with Crippen LogP contribution in [0.2, 0.25) is 5.02 Å². The Bertz CT molecular complexity index is 393. The number of hydrogen-bond acceptors (Lipinski definition) is 2. The molecule has 1 aromatic heterocycles. The van der Waals surface area contributed by atoms with E-state index in [2.05, 4.69) is 4.98 Å². The van der Waals surface area contributed by atoms with Crippen molar-refractivity contribution in [2.45, 2.75) is 19.2 Å². The molecule has 16 heavy (non-hydrogen) atoms. The predicted molar refractivity (Wildman–Crippen MR) is 45.1 cm³/mol. The van der Waals surface area contributed by atoms with Crippen molar-refractivity contribution in [2.75, 3.05) is 0 Å². The number of alkyl halides is 5. The van der Waals surface area contributed by atoms with Crippen LogP contribution < -0.4 is 0 Å². The summed E-state index contributed by atoms with van der Waals surface area (Å²) in [6.07, 6.45) is -7.85. The Morgan fingerprint density at radius 3 is 2.31 bits per heavy atom. The van der Waals surface area contributed by atoms with Crippen molar-refractivity contribution < 1.29 is 27.1 Å². The van der Waals surface area contributed by atoms with E-state index in [0.717, 1.165) is 0 Å². The van der Waals surface area contributed by atoms with Gasteiger partial charge in [0.25, 0.3) is 6.43 Å². The molecule has 1 rings (SSSR count). The largest absolute Gasteiger partial charge is 0.418 e. The molecule has 0 aliphatic carbocycles. The summed E-state index contributed by atoms with van der Waals surface area (Å²) in [5.74, 6) is 0. The highest BCUT2D eigenvalue weighted by atomic mass is 35.5. The molecule has 0 amide bonds. The lowest BCUT2D eigenvalue weighted by molar-refractivity contribution is -0.139. The summed E-state index contributed by atoms with van der Waals surface area (Å²) in [5, 5.41) is 7.73. The van der Waals surface area contributed by atoms with Gasteiger partial charge in [-0.25, -0.2) is 8.78 Å². The van der Waals surface area contributed by atoms with Crippen LogP contribution >= 0.6 is 11.6 Å². The number of aromatic nitrogens is 1. The second-order valence-corrected chi connectivity index (χ2v) is 3.21. The normalized spacial score (nSPS) is 12.2. The van der Waals surface area contributed by atoms with E-state index >= 15 is 0 Å². The Morgan fingerprint density at radius 2 is 1.94 bits per heavy atom. The zero-order valence-corrected chi connectivity index (χ0v) is 8.28. The molecule has 0 radical (unpaired) electrons. The zero-order valence-electron chi connectivity index (χ0n) is 7.52. The van der Waals surface area contributed by atoms with Gasteiger partial charge in [-0.15, -0.1) is 0 Å². The van der Waals surface area contributed by atoms with Crippen LogP contribution in [0.15, 0.2) is 6.20 Å². The summed E-state index contributed by atoms with van der Waals surface area (Å²) >= 11 is 5.19. The van der Waals surface area contributed by atoms with E-state index in [4.69, 9.17) is 16.7 Å². The van der Waals surface area contributed by atoms with Gasteiger partial charge in [-0.3, -0.25) is 4.98 Å². The van der Waals surface area contributed by atoms with Gasteiger partial charge in [0.05, 0.1) is 28.5 Å². The number of aliphatic hydroxyl groups excluding tert-OH is 1. The summed E-state index contributed by atoms with van der Waals surface area (Å²) < 4.78 is 62.3. The lowest BCUT2D eigenvalue weighted by Gasteiger charge is -2.16. The standard InChI is InChI=1S/C8H5ClF5NO/c9-3-1-15-4(2-16)5(7(10)11)6(3)8(12,13)14/h1,7,16H,2H2. The van der Waals surface area contributed by atoms with E-state index in [1.54, 1.807) is 0 Å². The fraction of sp³-hybridized carbons (Fsp3) is 0.375. The summed E-state index contributed by atoms with van der Waals surface area (Å²) in [7, 11) is 0. The van der Waals surface area contributed by atoms with Crippen molar-refractivity contribution in [3.63, 3.8) is 0 Å². The van der Waals surface area contributed by atoms with E-state index in [9.17, 15) is 22.0 Å². The summed E-state index contributed by atoms with van der Waals surface area (Å²) in [6, 6.07) is 0. The van der Waals surface area contributed by atoms with E-state index in [-0.39, 0.29) is 0 Å². The molecule has 0 atom stereocenters. The Hall–Kier alpha value is -0.950. The van der Waals surface area contributed by atoms with Crippen molar-refractivity contribution in [3.8, 4) is 0 Å². The summed E-state index contributed by atoms with van der Waals surface area (Å²) in [5.41, 5.74) is -3.75. The van der Waals surface area contributed by atoms with Gasteiger partial charge < -0.3 is 5.11 Å². The molecular formula is C8H5ClF5NO. The quantitative estimate of drug-likeness (QED) is 0.830. The van der Waals surface area contributed by atoms with Gasteiger partial charge in [0.1, 0.15) is 0 Å². The minimum atomic E-state index is -5.02. The second-order valence-electron chi connectivity index (χ2n) is 2.80. The molecule has 1 N–H and O–H groups in total. The van der Waals surface area contributed by atoms with Crippen LogP contribution in [-0.2, 0) is 12.8 Å². The van der Waals surface area contributed by atoms with Crippen LogP contribution in [-0.4, -0.2) is 10.1 Å². The number of nitrogens with zero attached hydrogens (tertiary/aromatic N) is 1. The highest BCUT2D eigenvalue weighted by molar-refractivity contribution is 6.31. The fourth-order valence-electron chi connectivity index (χ4n) is 1.19. The molecule has 0 fully saturated rings. The molecule has 0 saturated heterocycles. The van der Waals surface area contributed by atoms with Gasteiger partial charge in [0.2, 0.25) is 0 Å². The van der Waals surface area contributed by atoms with E-state index in [1.807, 2.05) is 0 Å². The zero-order chi connectivity index (χ0) is 12.5. The molecule has 0 aliphatic rings. The smallest absolute Gasteiger partial charge is 0.390 e. The second kappa shape index (κ2) is 4.50. The minimum Gasteiger partial charge on any atom is -0.390 e. The molecule has 0 unspecified atom stereocenters. The third kappa shape index (κ3) is 2.41. The molecule has 0 aliphatic heterocycles. The SMILES string of the molecule is OCc1ncc(Cl)c(C(F)(F)F)c1C(F)F. The molecule has 1 aromatic rings. The maximum atomic E-state index is 12.5. The van der Waals surface area contributed by atoms with Gasteiger partial charge >= 0.3 is 6.18 Å². The third-order valence-corrected chi connectivity index (χ3v) is 2.09. The molecule has 8 heteroatoms. The average Bonchev–Trinajstić information content (AvgIpc) is 2.15. The Kier molecular flexibility index (Phi) is 3.69. The third-order valence-electron chi connectivity index (χ3n) is 1.80. The highest BCUT2D eigenvalue weighted by Gasteiger charge is 2.39. The van der Waals surface area contributed by atoms with Crippen LogP contribution in [0.4, 0.5) is 22.0 Å². The summed E-state index contributed by atoms with van der Waals surface area (Å²) in [6.45, 7) is -1.01. The van der Waals surface area contributed by atoms with E-state index in [0.29, 0.717) is 6.20 Å². The summed E-state index contributed by atoms with van der Waals surface area (Å²) in [4.78, 5) is 3.23. The average molecular weight is 262 g/mol. The Labute approximate surface area is 91.7 Å². The molecule has 90 valence electrons. The topological polar surface area (TPSA) is 33.1 Å². The van der Waals surface area contributed by atoms with Crippen molar-refractivity contribution in [3.05, 3.63) is 28.0 Å². The first-order chi connectivity index (χ1) is 7.29. The number of hydrogen-bond donors (Lipinski definition) is 1. The van der Waals surface area contributed by atoms with Crippen molar-refractivity contribution >= 4 is 11.6 Å². The molecular weight excluding hydrogens is 257 g/mol. The fourth-order valence-corrected chi connectivity index (χ4v) is 1.45. The molecule has 0 bridgehead atoms. The number of rotatable bonds is 2. The van der Waals surface area contributed by atoms with Gasteiger partial charge in [-0.05, 0) is 0 Å². The van der Waals surface area contributed by atoms with Crippen LogP contribution in [0.3, 0.4) is 0 Å². The Morgan fingerprint density at radius 1 is 1.38 bits per heavy atom. The highest BCUT2D eigenvalue weighted by Crippen LogP contribution is 2.41. The molecule has 0 saturated carbocycles. The van der Waals surface area contributed by atoms with Crippen molar-refractivity contribution in [2.24, 2.45) is 0 Å². The molecule has 1 heterocycles. The monoisotopic (exact) mass is 261 g/mol. The van der Waals surface area contributed by atoms with Gasteiger partial charge in [-0.1, -0.05) is 11.6 Å². The predicted octanol–water partition coefficient (Wildman–Crippen LogP) is 3.18. The lowest BCUT2D eigenvalue weighted by atomic mass is 10.1. The molecule has 2 nitrogen and oxygen atoms in total. The number of halogens is 6. The molecule has 0 spiro atoms. The Balaban J connectivity index is 3.55. The first-order valence-corrected chi connectivity index (χ1v) is 4.30. The molecule has 0 aromatic carbocycles. The maximum Gasteiger partial charge on any atom is 0.418 e. The van der Waals surface area contributed by atoms with Crippen LogP contribution in [0.1, 0.15) is 23.2 Å². The van der Waals surface area contributed by atoms with Gasteiger partial charge in [-0.2, -0.15) is 13.2 Å². The van der Waals surface area contributed by atoms with Crippen molar-refractivity contribution in [1.82, 2.24) is 4.98 Å². The van der Waals surface area contributed by atoms with Crippen LogP contribution in [0.25, 0.3) is 0 Å². The number of pyridine rings is 1. The van der Waals surface area contributed by atoms with E-state index in [1.165, 1.54) is 0 Å². The first kappa shape index (κ1) is 13.1.